The van der Waals surface area contributed by atoms with Crippen molar-refractivity contribution in [2.75, 3.05) is 0 Å². The van der Waals surface area contributed by atoms with Crippen molar-refractivity contribution in [2.24, 2.45) is 0 Å². The van der Waals surface area contributed by atoms with Crippen molar-refractivity contribution >= 4 is 26.9 Å². The van der Waals surface area contributed by atoms with Crippen LogP contribution < -0.4 is 4.18 Å². The van der Waals surface area contributed by atoms with Crippen LogP contribution in [0.4, 0.5) is 13.2 Å². The van der Waals surface area contributed by atoms with Crippen LogP contribution in [0.3, 0.4) is 0 Å². The topological polar surface area (TPSA) is 80.7 Å². The third-order valence-electron chi connectivity index (χ3n) is 2.75. The second-order valence-electron chi connectivity index (χ2n) is 4.36. The van der Waals surface area contributed by atoms with E-state index < -0.39 is 33.8 Å². The van der Waals surface area contributed by atoms with E-state index in [-0.39, 0.29) is 5.56 Å². The first-order valence-electron chi connectivity index (χ1n) is 5.84. The first-order chi connectivity index (χ1) is 10.1. The summed E-state index contributed by atoms with van der Waals surface area (Å²) in [5, 5.41) is 9.70. The van der Waals surface area contributed by atoms with E-state index in [0.29, 0.717) is 10.8 Å². The summed E-state index contributed by atoms with van der Waals surface area (Å²) in [6.07, 6.45) is -0.482. The van der Waals surface area contributed by atoms with Gasteiger partial charge in [-0.1, -0.05) is 24.3 Å². The van der Waals surface area contributed by atoms with Crippen LogP contribution in [0, 0.1) is 0 Å². The van der Waals surface area contributed by atoms with Crippen molar-refractivity contribution in [3.63, 3.8) is 0 Å². The van der Waals surface area contributed by atoms with Gasteiger partial charge in [-0.3, -0.25) is 4.79 Å². The van der Waals surface area contributed by atoms with Crippen LogP contribution in [0.15, 0.2) is 36.4 Å². The van der Waals surface area contributed by atoms with Crippen molar-refractivity contribution in [1.29, 1.82) is 0 Å². The minimum Gasteiger partial charge on any atom is -0.481 e. The Bertz CT molecular complexity index is 827. The van der Waals surface area contributed by atoms with E-state index >= 15 is 0 Å². The molecule has 0 fully saturated rings. The minimum atomic E-state index is -5.81. The molecule has 118 valence electrons. The summed E-state index contributed by atoms with van der Waals surface area (Å²) < 4.78 is 63.1. The molecule has 0 radical (unpaired) electrons. The molecule has 0 saturated heterocycles. The number of halogens is 3. The third kappa shape index (κ3) is 3.30. The van der Waals surface area contributed by atoms with Gasteiger partial charge in [0.25, 0.3) is 0 Å². The van der Waals surface area contributed by atoms with E-state index in [4.69, 9.17) is 5.11 Å². The number of carboxylic acid groups (broad SMARTS) is 1. The molecule has 22 heavy (non-hydrogen) atoms. The van der Waals surface area contributed by atoms with Crippen LogP contribution in [0.1, 0.15) is 5.56 Å². The molecule has 0 aliphatic carbocycles. The standard InChI is InChI=1S/C13H9F3O5S/c14-13(15,16)22(19,20)21-10-5-8-3-1-2-4-11(8)9(6-10)7-12(17)18/h1-6H,7H2,(H,17,18). The van der Waals surface area contributed by atoms with Crippen LogP contribution in [0.25, 0.3) is 10.8 Å². The summed E-state index contributed by atoms with van der Waals surface area (Å²) in [5.74, 6) is -1.80. The van der Waals surface area contributed by atoms with Gasteiger partial charge in [0.15, 0.2) is 0 Å². The Morgan fingerprint density at radius 3 is 2.41 bits per heavy atom. The molecule has 2 aromatic rings. The number of rotatable bonds is 4. The zero-order valence-electron chi connectivity index (χ0n) is 10.8. The highest BCUT2D eigenvalue weighted by atomic mass is 32.2. The molecular formula is C13H9F3O5S. The van der Waals surface area contributed by atoms with Gasteiger partial charge in [-0.15, -0.1) is 0 Å². The summed E-state index contributed by atoms with van der Waals surface area (Å²) >= 11 is 0. The molecule has 0 saturated carbocycles. The lowest BCUT2D eigenvalue weighted by molar-refractivity contribution is -0.136. The summed E-state index contributed by atoms with van der Waals surface area (Å²) in [7, 11) is -5.81. The van der Waals surface area contributed by atoms with Gasteiger partial charge >= 0.3 is 21.6 Å². The molecule has 0 aliphatic heterocycles. The van der Waals surface area contributed by atoms with E-state index in [9.17, 15) is 26.4 Å². The van der Waals surface area contributed by atoms with Crippen LogP contribution in [0.5, 0.6) is 5.75 Å². The monoisotopic (exact) mass is 334 g/mol. The third-order valence-corrected chi connectivity index (χ3v) is 3.73. The predicted molar refractivity (Wildman–Crippen MR) is 70.9 cm³/mol. The van der Waals surface area contributed by atoms with Gasteiger partial charge in [-0.25, -0.2) is 0 Å². The minimum absolute atomic E-state index is 0.151. The molecule has 9 heteroatoms. The molecule has 0 atom stereocenters. The first kappa shape index (κ1) is 16.1. The van der Waals surface area contributed by atoms with Crippen molar-refractivity contribution in [1.82, 2.24) is 0 Å². The van der Waals surface area contributed by atoms with Crippen LogP contribution in [0.2, 0.25) is 0 Å². The quantitative estimate of drug-likeness (QED) is 0.687. The van der Waals surface area contributed by atoms with Gasteiger partial charge in [0.1, 0.15) is 5.75 Å². The van der Waals surface area contributed by atoms with E-state index in [2.05, 4.69) is 4.18 Å². The molecule has 5 nitrogen and oxygen atoms in total. The average molecular weight is 334 g/mol. The number of alkyl halides is 3. The smallest absolute Gasteiger partial charge is 0.481 e. The maximum Gasteiger partial charge on any atom is 0.534 e. The molecule has 2 rings (SSSR count). The lowest BCUT2D eigenvalue weighted by Crippen LogP contribution is -2.28. The van der Waals surface area contributed by atoms with Gasteiger partial charge in [0.05, 0.1) is 6.42 Å². The molecule has 0 spiro atoms. The molecule has 0 aromatic heterocycles. The first-order valence-corrected chi connectivity index (χ1v) is 7.25. The number of hydrogen-bond donors (Lipinski definition) is 1. The van der Waals surface area contributed by atoms with Crippen molar-refractivity contribution in [3.8, 4) is 5.75 Å². The normalized spacial score (nSPS) is 12.3. The second kappa shape index (κ2) is 5.48. The Labute approximate surface area is 123 Å². The van der Waals surface area contributed by atoms with Crippen molar-refractivity contribution in [2.45, 2.75) is 11.9 Å². The zero-order chi connectivity index (χ0) is 16.5. The van der Waals surface area contributed by atoms with Gasteiger partial charge in [-0.2, -0.15) is 21.6 Å². The number of carboxylic acids is 1. The van der Waals surface area contributed by atoms with E-state index in [1.54, 1.807) is 18.2 Å². The summed E-state index contributed by atoms with van der Waals surface area (Å²) in [4.78, 5) is 10.8. The number of hydrogen-bond acceptors (Lipinski definition) is 4. The van der Waals surface area contributed by atoms with Gasteiger partial charge in [0, 0.05) is 0 Å². The predicted octanol–water partition coefficient (Wildman–Crippen LogP) is 2.70. The Hall–Kier alpha value is -2.29. The summed E-state index contributed by atoms with van der Waals surface area (Å²) in [6, 6.07) is 8.36. The Kier molecular flexibility index (Phi) is 4.01. The SMILES string of the molecule is O=C(O)Cc1cc(OS(=O)(=O)C(F)(F)F)cc2ccccc12. The number of carbonyl (C=O) groups is 1. The molecule has 0 aliphatic rings. The van der Waals surface area contributed by atoms with Crippen LogP contribution in [-0.4, -0.2) is 25.0 Å². The van der Waals surface area contributed by atoms with Crippen LogP contribution >= 0.6 is 0 Å². The largest absolute Gasteiger partial charge is 0.534 e. The number of aliphatic carboxylic acids is 1. The lowest BCUT2D eigenvalue weighted by Gasteiger charge is -2.12. The van der Waals surface area contributed by atoms with E-state index in [0.717, 1.165) is 12.1 Å². The molecule has 0 amide bonds. The van der Waals surface area contributed by atoms with E-state index in [1.807, 2.05) is 0 Å². The highest BCUT2D eigenvalue weighted by molar-refractivity contribution is 7.88. The van der Waals surface area contributed by atoms with Crippen molar-refractivity contribution in [3.05, 3.63) is 42.0 Å². The lowest BCUT2D eigenvalue weighted by atomic mass is 10.0. The highest BCUT2D eigenvalue weighted by Gasteiger charge is 2.48. The summed E-state index contributed by atoms with van der Waals surface area (Å²) in [5.41, 5.74) is -5.41. The van der Waals surface area contributed by atoms with E-state index in [1.165, 1.54) is 6.07 Å². The number of benzene rings is 2. The Morgan fingerprint density at radius 1 is 1.18 bits per heavy atom. The molecule has 0 bridgehead atoms. The van der Waals surface area contributed by atoms with Gasteiger partial charge < -0.3 is 9.29 Å². The molecule has 0 unspecified atom stereocenters. The molecule has 1 N–H and O–H groups in total. The van der Waals surface area contributed by atoms with Gasteiger partial charge in [-0.05, 0) is 28.5 Å². The fourth-order valence-electron chi connectivity index (χ4n) is 1.89. The summed E-state index contributed by atoms with van der Waals surface area (Å²) in [6.45, 7) is 0. The maximum absolute atomic E-state index is 12.3. The zero-order valence-corrected chi connectivity index (χ0v) is 11.6. The molecular weight excluding hydrogens is 325 g/mol. The fourth-order valence-corrected chi connectivity index (χ4v) is 2.34. The average Bonchev–Trinajstić information content (AvgIpc) is 2.36. The Morgan fingerprint density at radius 2 is 1.82 bits per heavy atom. The Balaban J connectivity index is 2.54. The second-order valence-corrected chi connectivity index (χ2v) is 5.90. The molecule has 0 heterocycles. The van der Waals surface area contributed by atoms with Crippen molar-refractivity contribution < 1.29 is 35.7 Å². The van der Waals surface area contributed by atoms with Gasteiger partial charge in [0.2, 0.25) is 0 Å². The fraction of sp³-hybridized carbons (Fsp3) is 0.154. The van der Waals surface area contributed by atoms with Crippen LogP contribution in [-0.2, 0) is 21.3 Å². The number of fused-ring (bicyclic) bond motifs is 1. The molecule has 2 aromatic carbocycles. The maximum atomic E-state index is 12.3. The highest BCUT2D eigenvalue weighted by Crippen LogP contribution is 2.31.